The monoisotopic (exact) mass is 256 g/mol. The lowest BCUT2D eigenvalue weighted by Gasteiger charge is -2.18. The average Bonchev–Trinajstić information content (AvgIpc) is 2.51. The fourth-order valence-corrected chi connectivity index (χ4v) is 2.24. The third kappa shape index (κ3) is 1.91. The minimum atomic E-state index is -0.195. The van der Waals surface area contributed by atoms with Gasteiger partial charge in [0.25, 0.3) is 0 Å². The smallest absolute Gasteiger partial charge is 0.131 e. The van der Waals surface area contributed by atoms with Gasteiger partial charge < -0.3 is 10.0 Å². The summed E-state index contributed by atoms with van der Waals surface area (Å²) < 4.78 is 0.999. The topological polar surface area (TPSA) is 36.4 Å². The van der Waals surface area contributed by atoms with E-state index in [0.717, 1.165) is 28.8 Å². The first-order valence-electron chi connectivity index (χ1n) is 4.72. The normalized spacial score (nSPS) is 21.6. The van der Waals surface area contributed by atoms with Crippen molar-refractivity contribution in [2.75, 3.05) is 18.0 Å². The number of aliphatic hydroxyl groups is 1. The fourth-order valence-electron chi connectivity index (χ4n) is 1.80. The van der Waals surface area contributed by atoms with Crippen LogP contribution in [-0.2, 0) is 0 Å². The van der Waals surface area contributed by atoms with E-state index in [9.17, 15) is 5.11 Å². The predicted octanol–water partition coefficient (Wildman–Crippen LogP) is 1.72. The molecule has 14 heavy (non-hydrogen) atoms. The summed E-state index contributed by atoms with van der Waals surface area (Å²) >= 11 is 3.39. The van der Waals surface area contributed by atoms with Crippen LogP contribution in [0.3, 0.4) is 0 Å². The number of β-amino-alcohol motifs (C(OH)–C–C–N with tert-alkyl or cyclic N) is 1. The second kappa shape index (κ2) is 3.87. The maximum Gasteiger partial charge on any atom is 0.131 e. The SMILES string of the molecule is Cc1cc(Br)cnc1N1CCC(O)C1. The lowest BCUT2D eigenvalue weighted by molar-refractivity contribution is 0.198. The van der Waals surface area contributed by atoms with Crippen LogP contribution in [-0.4, -0.2) is 29.3 Å². The lowest BCUT2D eigenvalue weighted by atomic mass is 10.3. The Morgan fingerprint density at radius 1 is 1.64 bits per heavy atom. The Morgan fingerprint density at radius 2 is 2.43 bits per heavy atom. The van der Waals surface area contributed by atoms with Gasteiger partial charge in [0.05, 0.1) is 6.10 Å². The summed E-state index contributed by atoms with van der Waals surface area (Å²) in [5.41, 5.74) is 1.15. The van der Waals surface area contributed by atoms with Crippen LogP contribution >= 0.6 is 15.9 Å². The Morgan fingerprint density at radius 3 is 3.00 bits per heavy atom. The van der Waals surface area contributed by atoms with Crippen molar-refractivity contribution in [3.05, 3.63) is 22.3 Å². The summed E-state index contributed by atoms with van der Waals surface area (Å²) in [6.07, 6.45) is 2.45. The van der Waals surface area contributed by atoms with E-state index in [1.807, 2.05) is 13.0 Å². The standard InChI is InChI=1S/C10H13BrN2O/c1-7-4-8(11)5-12-10(7)13-3-2-9(14)6-13/h4-5,9,14H,2-3,6H2,1H3. The molecule has 1 aliphatic rings. The number of halogens is 1. The number of rotatable bonds is 1. The van der Waals surface area contributed by atoms with Gasteiger partial charge in [0.15, 0.2) is 0 Å². The zero-order valence-electron chi connectivity index (χ0n) is 8.07. The minimum Gasteiger partial charge on any atom is -0.391 e. The quantitative estimate of drug-likeness (QED) is 0.832. The summed E-state index contributed by atoms with van der Waals surface area (Å²) in [5, 5.41) is 9.43. The molecule has 1 aromatic rings. The number of hydrogen-bond acceptors (Lipinski definition) is 3. The Balaban J connectivity index is 2.24. The zero-order chi connectivity index (χ0) is 10.1. The molecule has 4 heteroatoms. The molecule has 2 rings (SSSR count). The third-order valence-corrected chi connectivity index (χ3v) is 2.91. The van der Waals surface area contributed by atoms with Crippen molar-refractivity contribution in [1.29, 1.82) is 0 Å². The Labute approximate surface area is 91.9 Å². The van der Waals surface area contributed by atoms with Gasteiger partial charge in [0, 0.05) is 23.8 Å². The van der Waals surface area contributed by atoms with Gasteiger partial charge in [0.1, 0.15) is 5.82 Å². The number of aliphatic hydroxyl groups excluding tert-OH is 1. The minimum absolute atomic E-state index is 0.195. The number of anilines is 1. The van der Waals surface area contributed by atoms with Crippen LogP contribution in [0.4, 0.5) is 5.82 Å². The maximum absolute atomic E-state index is 9.43. The van der Waals surface area contributed by atoms with Crippen molar-refractivity contribution < 1.29 is 5.11 Å². The van der Waals surface area contributed by atoms with Gasteiger partial charge in [-0.05, 0) is 40.9 Å². The summed E-state index contributed by atoms with van der Waals surface area (Å²) in [6.45, 7) is 3.64. The number of pyridine rings is 1. The highest BCUT2D eigenvalue weighted by Crippen LogP contribution is 2.23. The van der Waals surface area contributed by atoms with Gasteiger partial charge in [0.2, 0.25) is 0 Å². The molecule has 1 aromatic heterocycles. The fraction of sp³-hybridized carbons (Fsp3) is 0.500. The molecular formula is C10H13BrN2O. The molecule has 3 nitrogen and oxygen atoms in total. The van der Waals surface area contributed by atoms with Crippen LogP contribution in [0.5, 0.6) is 0 Å². The van der Waals surface area contributed by atoms with Gasteiger partial charge in [-0.3, -0.25) is 0 Å². The largest absolute Gasteiger partial charge is 0.391 e. The van der Waals surface area contributed by atoms with E-state index in [1.54, 1.807) is 6.20 Å². The van der Waals surface area contributed by atoms with Crippen LogP contribution in [0.2, 0.25) is 0 Å². The van der Waals surface area contributed by atoms with Crippen molar-refractivity contribution in [2.24, 2.45) is 0 Å². The molecule has 0 amide bonds. The van der Waals surface area contributed by atoms with Crippen LogP contribution in [0.15, 0.2) is 16.7 Å². The molecular weight excluding hydrogens is 244 g/mol. The van der Waals surface area contributed by atoms with E-state index in [4.69, 9.17) is 0 Å². The van der Waals surface area contributed by atoms with Crippen molar-refractivity contribution in [3.63, 3.8) is 0 Å². The van der Waals surface area contributed by atoms with Crippen molar-refractivity contribution >= 4 is 21.7 Å². The highest BCUT2D eigenvalue weighted by molar-refractivity contribution is 9.10. The molecule has 0 saturated carbocycles. The van der Waals surface area contributed by atoms with E-state index in [0.29, 0.717) is 6.54 Å². The number of hydrogen-bond donors (Lipinski definition) is 1. The summed E-state index contributed by atoms with van der Waals surface area (Å²) in [4.78, 5) is 6.49. The molecule has 1 atom stereocenters. The highest BCUT2D eigenvalue weighted by Gasteiger charge is 2.22. The molecule has 0 bridgehead atoms. The van der Waals surface area contributed by atoms with Crippen molar-refractivity contribution in [2.45, 2.75) is 19.4 Å². The first-order valence-corrected chi connectivity index (χ1v) is 5.51. The molecule has 1 fully saturated rings. The van der Waals surface area contributed by atoms with Crippen molar-refractivity contribution in [3.8, 4) is 0 Å². The number of nitrogens with zero attached hydrogens (tertiary/aromatic N) is 2. The number of aryl methyl sites for hydroxylation is 1. The van der Waals surface area contributed by atoms with Gasteiger partial charge in [-0.2, -0.15) is 0 Å². The Kier molecular flexibility index (Phi) is 2.74. The average molecular weight is 257 g/mol. The molecule has 76 valence electrons. The van der Waals surface area contributed by atoms with Crippen LogP contribution in [0.1, 0.15) is 12.0 Å². The highest BCUT2D eigenvalue weighted by atomic mass is 79.9. The third-order valence-electron chi connectivity index (χ3n) is 2.48. The number of aromatic nitrogens is 1. The predicted molar refractivity (Wildman–Crippen MR) is 59.5 cm³/mol. The Hall–Kier alpha value is -0.610. The molecule has 0 spiro atoms. The maximum atomic E-state index is 9.43. The molecule has 1 saturated heterocycles. The first-order chi connectivity index (χ1) is 6.66. The van der Waals surface area contributed by atoms with E-state index in [1.165, 1.54) is 0 Å². The second-order valence-electron chi connectivity index (χ2n) is 3.68. The summed E-state index contributed by atoms with van der Waals surface area (Å²) in [7, 11) is 0. The molecule has 0 aliphatic carbocycles. The summed E-state index contributed by atoms with van der Waals surface area (Å²) in [6, 6.07) is 2.05. The molecule has 1 unspecified atom stereocenters. The van der Waals surface area contributed by atoms with Crippen LogP contribution in [0.25, 0.3) is 0 Å². The van der Waals surface area contributed by atoms with Gasteiger partial charge in [-0.25, -0.2) is 4.98 Å². The van der Waals surface area contributed by atoms with Crippen LogP contribution < -0.4 is 4.90 Å². The summed E-state index contributed by atoms with van der Waals surface area (Å²) in [5.74, 6) is 0.991. The molecule has 2 heterocycles. The van der Waals surface area contributed by atoms with Crippen molar-refractivity contribution in [1.82, 2.24) is 4.98 Å². The molecule has 1 aliphatic heterocycles. The first kappa shape index (κ1) is 9.93. The molecule has 0 radical (unpaired) electrons. The molecule has 1 N–H and O–H groups in total. The zero-order valence-corrected chi connectivity index (χ0v) is 9.66. The van der Waals surface area contributed by atoms with E-state index in [2.05, 4.69) is 25.8 Å². The second-order valence-corrected chi connectivity index (χ2v) is 4.60. The van der Waals surface area contributed by atoms with Gasteiger partial charge in [-0.1, -0.05) is 0 Å². The van der Waals surface area contributed by atoms with E-state index >= 15 is 0 Å². The molecule has 0 aromatic carbocycles. The van der Waals surface area contributed by atoms with Gasteiger partial charge in [-0.15, -0.1) is 0 Å². The van der Waals surface area contributed by atoms with E-state index in [-0.39, 0.29) is 6.10 Å². The van der Waals surface area contributed by atoms with E-state index < -0.39 is 0 Å². The van der Waals surface area contributed by atoms with Crippen LogP contribution in [0, 0.1) is 6.92 Å². The van der Waals surface area contributed by atoms with Gasteiger partial charge >= 0.3 is 0 Å². The lowest BCUT2D eigenvalue weighted by Crippen LogP contribution is -2.23. The Bertz CT molecular complexity index is 343.